The summed E-state index contributed by atoms with van der Waals surface area (Å²) in [4.78, 5) is 4.78. The van der Waals surface area contributed by atoms with Crippen LogP contribution in [0.5, 0.6) is 11.5 Å². The third-order valence-electron chi connectivity index (χ3n) is 4.71. The summed E-state index contributed by atoms with van der Waals surface area (Å²) in [6, 6.07) is 28.2. The second kappa shape index (κ2) is 9.58. The van der Waals surface area contributed by atoms with Gasteiger partial charge in [-0.25, -0.2) is 4.57 Å². The minimum Gasteiger partial charge on any atom is -0.416 e. The number of rotatable bonds is 8. The SMILES string of the molecule is CC(=N[C@@H](C)c1ccccc1)C(C)P(=O)(Oc1ccccc1)Oc1ccccc1. The number of aliphatic imine (C=N–C) groups is 1. The summed E-state index contributed by atoms with van der Waals surface area (Å²) in [5, 5.41) is 0. The normalized spacial score (nSPS) is 14.1. The summed E-state index contributed by atoms with van der Waals surface area (Å²) in [6.07, 6.45) is 0. The van der Waals surface area contributed by atoms with Crippen LogP contribution in [-0.4, -0.2) is 11.4 Å². The first-order valence-corrected chi connectivity index (χ1v) is 11.3. The van der Waals surface area contributed by atoms with Crippen molar-refractivity contribution in [3.63, 3.8) is 0 Å². The Morgan fingerprint density at radius 1 is 0.759 bits per heavy atom. The second-order valence-corrected chi connectivity index (χ2v) is 9.10. The molecule has 0 bridgehead atoms. The first kappa shape index (κ1) is 20.9. The van der Waals surface area contributed by atoms with E-state index in [9.17, 15) is 4.57 Å². The Bertz CT molecular complexity index is 929. The van der Waals surface area contributed by atoms with Gasteiger partial charge in [0.2, 0.25) is 0 Å². The third kappa shape index (κ3) is 5.58. The molecule has 0 aromatic heterocycles. The molecule has 3 aromatic rings. The number of benzene rings is 3. The van der Waals surface area contributed by atoms with E-state index in [-0.39, 0.29) is 6.04 Å². The molecule has 1 unspecified atom stereocenters. The van der Waals surface area contributed by atoms with E-state index >= 15 is 0 Å². The first-order valence-electron chi connectivity index (χ1n) is 9.66. The van der Waals surface area contributed by atoms with Crippen LogP contribution in [-0.2, 0) is 4.57 Å². The maximum Gasteiger partial charge on any atom is 0.439 e. The van der Waals surface area contributed by atoms with Crippen molar-refractivity contribution in [2.24, 2.45) is 4.99 Å². The van der Waals surface area contributed by atoms with Crippen LogP contribution in [0.1, 0.15) is 32.4 Å². The quantitative estimate of drug-likeness (QED) is 0.300. The molecule has 0 spiro atoms. The molecule has 0 saturated carbocycles. The van der Waals surface area contributed by atoms with Crippen LogP contribution in [0.4, 0.5) is 0 Å². The largest absolute Gasteiger partial charge is 0.439 e. The molecular formula is C24H26NO3P. The predicted octanol–water partition coefficient (Wildman–Crippen LogP) is 6.95. The smallest absolute Gasteiger partial charge is 0.416 e. The van der Waals surface area contributed by atoms with Crippen LogP contribution in [0.3, 0.4) is 0 Å². The fourth-order valence-electron chi connectivity index (χ4n) is 2.88. The minimum atomic E-state index is -3.59. The van der Waals surface area contributed by atoms with Crippen molar-refractivity contribution in [3.8, 4) is 11.5 Å². The Kier molecular flexibility index (Phi) is 6.90. The Hall–Kier alpha value is -2.84. The fourth-order valence-corrected chi connectivity index (χ4v) is 4.59. The molecule has 0 amide bonds. The zero-order valence-corrected chi connectivity index (χ0v) is 17.8. The van der Waals surface area contributed by atoms with Crippen LogP contribution in [0.15, 0.2) is 96.0 Å². The van der Waals surface area contributed by atoms with Crippen molar-refractivity contribution in [2.75, 3.05) is 0 Å². The minimum absolute atomic E-state index is 0.0550. The molecule has 2 atom stereocenters. The van der Waals surface area contributed by atoms with Crippen molar-refractivity contribution in [3.05, 3.63) is 96.6 Å². The highest BCUT2D eigenvalue weighted by molar-refractivity contribution is 7.56. The summed E-state index contributed by atoms with van der Waals surface area (Å²) in [5.41, 5.74) is 1.30. The van der Waals surface area contributed by atoms with Gasteiger partial charge in [-0.1, -0.05) is 66.7 Å². The van der Waals surface area contributed by atoms with Crippen LogP contribution in [0, 0.1) is 0 Å². The van der Waals surface area contributed by atoms with E-state index in [2.05, 4.69) is 0 Å². The van der Waals surface area contributed by atoms with Crippen LogP contribution < -0.4 is 9.05 Å². The maximum absolute atomic E-state index is 13.9. The van der Waals surface area contributed by atoms with Gasteiger partial charge in [0.1, 0.15) is 17.2 Å². The summed E-state index contributed by atoms with van der Waals surface area (Å²) in [5.74, 6) is 1.00. The van der Waals surface area contributed by atoms with Gasteiger partial charge in [0.05, 0.1) is 6.04 Å². The molecule has 3 aromatic carbocycles. The van der Waals surface area contributed by atoms with E-state index in [4.69, 9.17) is 14.0 Å². The molecule has 4 nitrogen and oxygen atoms in total. The molecule has 0 heterocycles. The van der Waals surface area contributed by atoms with Gasteiger partial charge in [0.15, 0.2) is 0 Å². The van der Waals surface area contributed by atoms with Gasteiger partial charge in [0.25, 0.3) is 0 Å². The Morgan fingerprint density at radius 2 is 1.17 bits per heavy atom. The molecular weight excluding hydrogens is 381 g/mol. The molecule has 150 valence electrons. The van der Waals surface area contributed by atoms with Gasteiger partial charge in [0, 0.05) is 5.71 Å². The Balaban J connectivity index is 1.89. The zero-order valence-electron chi connectivity index (χ0n) is 16.9. The highest BCUT2D eigenvalue weighted by atomic mass is 31.2. The van der Waals surface area contributed by atoms with Crippen LogP contribution >= 0.6 is 7.60 Å². The maximum atomic E-state index is 13.9. The van der Waals surface area contributed by atoms with E-state index < -0.39 is 13.3 Å². The lowest BCUT2D eigenvalue weighted by molar-refractivity contribution is 0.382. The fraction of sp³-hybridized carbons (Fsp3) is 0.208. The lowest BCUT2D eigenvalue weighted by Crippen LogP contribution is -2.21. The molecule has 0 radical (unpaired) electrons. The van der Waals surface area contributed by atoms with E-state index in [1.165, 1.54) is 0 Å². The van der Waals surface area contributed by atoms with E-state index in [1.807, 2.05) is 87.5 Å². The topological polar surface area (TPSA) is 47.9 Å². The standard InChI is InChI=1S/C24H26NO3P/c1-19(25-20(2)22-13-7-4-8-14-22)21(3)29(26,27-23-15-9-5-10-16-23)28-24-17-11-6-12-18-24/h4-18,20-21H,1-3H3/t20-,21?/m0/s1. The highest BCUT2D eigenvalue weighted by Gasteiger charge is 2.38. The van der Waals surface area contributed by atoms with Crippen molar-refractivity contribution in [1.82, 2.24) is 0 Å². The average molecular weight is 407 g/mol. The Labute approximate surface area is 172 Å². The predicted molar refractivity (Wildman–Crippen MR) is 119 cm³/mol. The molecule has 0 saturated heterocycles. The van der Waals surface area contributed by atoms with Crippen molar-refractivity contribution in [2.45, 2.75) is 32.5 Å². The molecule has 3 rings (SSSR count). The van der Waals surface area contributed by atoms with Gasteiger partial charge < -0.3 is 9.05 Å². The second-order valence-electron chi connectivity index (χ2n) is 6.88. The van der Waals surface area contributed by atoms with Crippen LogP contribution in [0.2, 0.25) is 0 Å². The van der Waals surface area contributed by atoms with Crippen molar-refractivity contribution >= 4 is 13.3 Å². The van der Waals surface area contributed by atoms with Gasteiger partial charge >= 0.3 is 7.60 Å². The van der Waals surface area contributed by atoms with Crippen LogP contribution in [0.25, 0.3) is 0 Å². The molecule has 0 aliphatic heterocycles. The highest BCUT2D eigenvalue weighted by Crippen LogP contribution is 2.53. The molecule has 0 N–H and O–H groups in total. The summed E-state index contributed by atoms with van der Waals surface area (Å²) >= 11 is 0. The van der Waals surface area contributed by atoms with Gasteiger partial charge in [-0.2, -0.15) is 0 Å². The molecule has 0 aliphatic carbocycles. The van der Waals surface area contributed by atoms with E-state index in [1.54, 1.807) is 24.3 Å². The monoisotopic (exact) mass is 407 g/mol. The summed E-state index contributed by atoms with van der Waals surface area (Å²) in [7, 11) is -3.59. The Morgan fingerprint density at radius 3 is 1.62 bits per heavy atom. The molecule has 29 heavy (non-hydrogen) atoms. The van der Waals surface area contributed by atoms with E-state index in [0.29, 0.717) is 11.5 Å². The molecule has 0 aliphatic rings. The lowest BCUT2D eigenvalue weighted by atomic mass is 10.1. The van der Waals surface area contributed by atoms with Crippen molar-refractivity contribution in [1.29, 1.82) is 0 Å². The summed E-state index contributed by atoms with van der Waals surface area (Å²) in [6.45, 7) is 5.73. The first-order chi connectivity index (χ1) is 14.0. The number of nitrogens with zero attached hydrogens (tertiary/aromatic N) is 1. The third-order valence-corrected chi connectivity index (χ3v) is 6.96. The zero-order chi connectivity index (χ0) is 20.7. The van der Waals surface area contributed by atoms with Crippen molar-refractivity contribution < 1.29 is 13.6 Å². The number of hydrogen-bond donors (Lipinski definition) is 0. The van der Waals surface area contributed by atoms with Gasteiger partial charge in [-0.05, 0) is 50.6 Å². The number of para-hydroxylation sites is 2. The van der Waals surface area contributed by atoms with E-state index in [0.717, 1.165) is 11.3 Å². The molecule has 0 fully saturated rings. The average Bonchev–Trinajstić information content (AvgIpc) is 2.75. The molecule has 5 heteroatoms. The lowest BCUT2D eigenvalue weighted by Gasteiger charge is -2.25. The van der Waals surface area contributed by atoms with Gasteiger partial charge in [-0.15, -0.1) is 0 Å². The summed E-state index contributed by atoms with van der Waals surface area (Å²) < 4.78 is 25.7. The number of hydrogen-bond acceptors (Lipinski definition) is 4. The van der Waals surface area contributed by atoms with Gasteiger partial charge in [-0.3, -0.25) is 4.99 Å².